The molecule has 30 heavy (non-hydrogen) atoms. The van der Waals surface area contributed by atoms with E-state index in [0.29, 0.717) is 25.9 Å². The van der Waals surface area contributed by atoms with E-state index in [0.717, 1.165) is 33.9 Å². The highest BCUT2D eigenvalue weighted by Gasteiger charge is 2.12. The van der Waals surface area contributed by atoms with Crippen molar-refractivity contribution in [3.8, 4) is 0 Å². The van der Waals surface area contributed by atoms with Crippen LogP contribution >= 0.6 is 0 Å². The van der Waals surface area contributed by atoms with Gasteiger partial charge in [0.2, 0.25) is 0 Å². The van der Waals surface area contributed by atoms with Crippen molar-refractivity contribution in [2.75, 3.05) is 0 Å². The number of rotatable bonds is 9. The van der Waals surface area contributed by atoms with Gasteiger partial charge in [0.25, 0.3) is 0 Å². The van der Waals surface area contributed by atoms with Crippen LogP contribution in [0.1, 0.15) is 33.9 Å². The van der Waals surface area contributed by atoms with Crippen molar-refractivity contribution in [1.82, 2.24) is 40.4 Å². The first-order valence-electron chi connectivity index (χ1n) is 9.68. The lowest BCUT2D eigenvalue weighted by Crippen LogP contribution is -2.12. The lowest BCUT2D eigenvalue weighted by molar-refractivity contribution is 0.590. The van der Waals surface area contributed by atoms with Crippen molar-refractivity contribution in [3.63, 3.8) is 0 Å². The number of tetrazole rings is 2. The average molecular weight is 398 g/mol. The van der Waals surface area contributed by atoms with Gasteiger partial charge in [-0.1, -0.05) is 73.8 Å². The molecule has 0 fully saturated rings. The molecule has 0 N–H and O–H groups in total. The molecule has 0 saturated heterocycles. The van der Waals surface area contributed by atoms with E-state index in [4.69, 9.17) is 0 Å². The first-order chi connectivity index (χ1) is 14.7. The molecule has 150 valence electrons. The second-order valence-corrected chi connectivity index (χ2v) is 6.90. The molecule has 8 heteroatoms. The van der Waals surface area contributed by atoms with Gasteiger partial charge in [-0.2, -0.15) is 0 Å². The van der Waals surface area contributed by atoms with Gasteiger partial charge in [-0.3, -0.25) is 0 Å². The van der Waals surface area contributed by atoms with Crippen molar-refractivity contribution < 1.29 is 0 Å². The minimum atomic E-state index is 0.611. The molecule has 0 amide bonds. The quantitative estimate of drug-likeness (QED) is 0.431. The van der Waals surface area contributed by atoms with Crippen LogP contribution in [0.25, 0.3) is 12.2 Å². The van der Waals surface area contributed by atoms with E-state index in [-0.39, 0.29) is 0 Å². The van der Waals surface area contributed by atoms with Gasteiger partial charge in [-0.25, -0.2) is 9.36 Å². The molecule has 0 radical (unpaired) electrons. The molecule has 8 nitrogen and oxygen atoms in total. The second-order valence-electron chi connectivity index (χ2n) is 6.90. The number of benzene rings is 2. The average Bonchev–Trinajstić information content (AvgIpc) is 3.42. The zero-order chi connectivity index (χ0) is 20.8. The van der Waals surface area contributed by atoms with Gasteiger partial charge in [-0.15, -0.1) is 10.2 Å². The summed E-state index contributed by atoms with van der Waals surface area (Å²) in [6.07, 6.45) is 4.94. The van der Waals surface area contributed by atoms with E-state index in [1.165, 1.54) is 0 Å². The SMILES string of the molecule is C=Cc1ccc(Cn2nnnc2CCc2nnnn2Cc2ccc(C=C)cc2)cc1. The van der Waals surface area contributed by atoms with E-state index < -0.39 is 0 Å². The van der Waals surface area contributed by atoms with Crippen molar-refractivity contribution in [2.45, 2.75) is 25.9 Å². The molecule has 0 saturated carbocycles. The molecule has 0 unspecified atom stereocenters. The van der Waals surface area contributed by atoms with Crippen molar-refractivity contribution >= 4 is 12.2 Å². The molecule has 0 bridgehead atoms. The van der Waals surface area contributed by atoms with E-state index in [9.17, 15) is 0 Å². The third-order valence-electron chi connectivity index (χ3n) is 4.88. The Labute approximate surface area is 174 Å². The monoisotopic (exact) mass is 398 g/mol. The first kappa shape index (κ1) is 19.4. The molecular formula is C22H22N8. The Hall–Kier alpha value is -3.94. The standard InChI is InChI=1S/C22H22N8/c1-3-17-5-9-19(10-6-17)15-29-21(23-25-27-29)13-14-22-24-26-28-30(22)16-20-11-7-18(4-2)8-12-20/h3-12H,1-2,13-16H2. The van der Waals surface area contributed by atoms with Gasteiger partial charge in [0, 0.05) is 12.8 Å². The van der Waals surface area contributed by atoms with Crippen LogP contribution in [-0.4, -0.2) is 40.4 Å². The Morgan fingerprint density at radius 1 is 0.633 bits per heavy atom. The maximum absolute atomic E-state index is 4.18. The van der Waals surface area contributed by atoms with Crippen LogP contribution in [0.15, 0.2) is 61.7 Å². The van der Waals surface area contributed by atoms with Crippen LogP contribution in [0, 0.1) is 0 Å². The molecular weight excluding hydrogens is 376 g/mol. The van der Waals surface area contributed by atoms with Crippen LogP contribution in [-0.2, 0) is 25.9 Å². The van der Waals surface area contributed by atoms with Crippen LogP contribution in [0.3, 0.4) is 0 Å². The van der Waals surface area contributed by atoms with Gasteiger partial charge in [0.15, 0.2) is 11.6 Å². The lowest BCUT2D eigenvalue weighted by atomic mass is 10.1. The predicted octanol–water partition coefficient (Wildman–Crippen LogP) is 2.83. The zero-order valence-electron chi connectivity index (χ0n) is 16.6. The first-order valence-corrected chi connectivity index (χ1v) is 9.68. The van der Waals surface area contributed by atoms with Crippen molar-refractivity contribution in [1.29, 1.82) is 0 Å². The Bertz CT molecular complexity index is 1030. The number of aromatic nitrogens is 8. The fraction of sp³-hybridized carbons (Fsp3) is 0.182. The molecule has 2 aromatic heterocycles. The van der Waals surface area contributed by atoms with Crippen LogP contribution < -0.4 is 0 Å². The Morgan fingerprint density at radius 2 is 1.03 bits per heavy atom. The van der Waals surface area contributed by atoms with E-state index in [2.05, 4.69) is 68.5 Å². The fourth-order valence-corrected chi connectivity index (χ4v) is 3.14. The number of aryl methyl sites for hydroxylation is 2. The Kier molecular flexibility index (Phi) is 5.84. The molecule has 4 rings (SSSR count). The third kappa shape index (κ3) is 4.54. The molecule has 2 aromatic carbocycles. The maximum Gasteiger partial charge on any atom is 0.152 e. The van der Waals surface area contributed by atoms with Gasteiger partial charge < -0.3 is 0 Å². The maximum atomic E-state index is 4.18. The van der Waals surface area contributed by atoms with Gasteiger partial charge in [-0.05, 0) is 43.1 Å². The van der Waals surface area contributed by atoms with E-state index >= 15 is 0 Å². The normalized spacial score (nSPS) is 10.8. The molecule has 0 spiro atoms. The predicted molar refractivity (Wildman–Crippen MR) is 114 cm³/mol. The largest absolute Gasteiger partial charge is 0.225 e. The summed E-state index contributed by atoms with van der Waals surface area (Å²) in [6.45, 7) is 8.78. The minimum Gasteiger partial charge on any atom is -0.225 e. The zero-order valence-corrected chi connectivity index (χ0v) is 16.6. The summed E-state index contributed by atoms with van der Waals surface area (Å²) in [6, 6.07) is 16.3. The molecule has 0 aliphatic rings. The van der Waals surface area contributed by atoms with Crippen LogP contribution in [0.4, 0.5) is 0 Å². The number of hydrogen-bond donors (Lipinski definition) is 0. The fourth-order valence-electron chi connectivity index (χ4n) is 3.14. The van der Waals surface area contributed by atoms with Crippen LogP contribution in [0.5, 0.6) is 0 Å². The summed E-state index contributed by atoms with van der Waals surface area (Å²) in [4.78, 5) is 0. The van der Waals surface area contributed by atoms with Crippen molar-refractivity contribution in [2.24, 2.45) is 0 Å². The van der Waals surface area contributed by atoms with Gasteiger partial charge >= 0.3 is 0 Å². The summed E-state index contributed by atoms with van der Waals surface area (Å²) >= 11 is 0. The van der Waals surface area contributed by atoms with Gasteiger partial charge in [0.1, 0.15) is 0 Å². The minimum absolute atomic E-state index is 0.611. The summed E-state index contributed by atoms with van der Waals surface area (Å²) in [5.41, 5.74) is 4.42. The van der Waals surface area contributed by atoms with Gasteiger partial charge in [0.05, 0.1) is 13.1 Å². The van der Waals surface area contributed by atoms with Crippen molar-refractivity contribution in [3.05, 3.63) is 95.6 Å². The summed E-state index contributed by atoms with van der Waals surface area (Å²) in [5.74, 6) is 1.60. The highest BCUT2D eigenvalue weighted by molar-refractivity contribution is 5.47. The number of hydrogen-bond acceptors (Lipinski definition) is 6. The number of nitrogens with zero attached hydrogens (tertiary/aromatic N) is 8. The lowest BCUT2D eigenvalue weighted by Gasteiger charge is -2.07. The van der Waals surface area contributed by atoms with Crippen LogP contribution in [0.2, 0.25) is 0 Å². The smallest absolute Gasteiger partial charge is 0.152 e. The topological polar surface area (TPSA) is 87.2 Å². The summed E-state index contributed by atoms with van der Waals surface area (Å²) in [7, 11) is 0. The Morgan fingerprint density at radius 3 is 1.40 bits per heavy atom. The molecule has 0 aliphatic heterocycles. The third-order valence-corrected chi connectivity index (χ3v) is 4.88. The van der Waals surface area contributed by atoms with E-state index in [1.807, 2.05) is 45.8 Å². The highest BCUT2D eigenvalue weighted by Crippen LogP contribution is 2.10. The Balaban J connectivity index is 1.41. The molecule has 2 heterocycles. The molecule has 0 aliphatic carbocycles. The summed E-state index contributed by atoms with van der Waals surface area (Å²) in [5, 5.41) is 24.3. The second kappa shape index (κ2) is 9.04. The molecule has 4 aromatic rings. The molecule has 0 atom stereocenters. The summed E-state index contributed by atoms with van der Waals surface area (Å²) < 4.78 is 3.62. The highest BCUT2D eigenvalue weighted by atomic mass is 15.5. The van der Waals surface area contributed by atoms with E-state index in [1.54, 1.807) is 0 Å².